The number of hydrogen-bond donors (Lipinski definition) is 0. The zero-order valence-corrected chi connectivity index (χ0v) is 11.0. The van der Waals surface area contributed by atoms with Crippen molar-refractivity contribution in [3.63, 3.8) is 0 Å². The van der Waals surface area contributed by atoms with Gasteiger partial charge in [-0.15, -0.1) is 0 Å². The van der Waals surface area contributed by atoms with Crippen LogP contribution in [0.4, 0.5) is 10.1 Å². The van der Waals surface area contributed by atoms with Crippen LogP contribution >= 0.6 is 11.6 Å². The molecule has 0 bridgehead atoms. The van der Waals surface area contributed by atoms with Gasteiger partial charge in [0.2, 0.25) is 0 Å². The predicted molar refractivity (Wildman–Crippen MR) is 68.0 cm³/mol. The van der Waals surface area contributed by atoms with Crippen molar-refractivity contribution in [3.05, 3.63) is 28.5 Å². The maximum atomic E-state index is 13.4. The number of ketones is 2. The average Bonchev–Trinajstić information content (AvgIpc) is 2.56. The molecule has 1 aliphatic heterocycles. The molecule has 0 radical (unpaired) electrons. The number of anilines is 1. The maximum absolute atomic E-state index is 13.4. The third-order valence-electron chi connectivity index (χ3n) is 2.88. The molecular weight excluding hydrogens is 273 g/mol. The Kier molecular flexibility index (Phi) is 3.66. The van der Waals surface area contributed by atoms with Crippen LogP contribution in [0.2, 0.25) is 5.02 Å². The molecule has 0 aliphatic carbocycles. The summed E-state index contributed by atoms with van der Waals surface area (Å²) in [6, 6.07) is 2.14. The van der Waals surface area contributed by atoms with Crippen LogP contribution in [0.3, 0.4) is 0 Å². The van der Waals surface area contributed by atoms with Crippen molar-refractivity contribution in [2.24, 2.45) is 0 Å². The van der Waals surface area contributed by atoms with Gasteiger partial charge in [0.1, 0.15) is 5.82 Å². The van der Waals surface area contributed by atoms with E-state index in [0.717, 1.165) is 17.0 Å². The fourth-order valence-electron chi connectivity index (χ4n) is 1.98. The van der Waals surface area contributed by atoms with Crippen LogP contribution in [0, 0.1) is 5.82 Å². The molecule has 2 rings (SSSR count). The van der Waals surface area contributed by atoms with E-state index in [2.05, 4.69) is 0 Å². The fraction of sp³-hybridized carbons (Fsp3) is 0.308. The van der Waals surface area contributed by atoms with Gasteiger partial charge < -0.3 is 0 Å². The van der Waals surface area contributed by atoms with Gasteiger partial charge >= 0.3 is 0 Å². The maximum Gasteiger partial charge on any atom is 0.299 e. The first kappa shape index (κ1) is 13.7. The highest BCUT2D eigenvalue weighted by Crippen LogP contribution is 2.33. The van der Waals surface area contributed by atoms with E-state index in [4.69, 9.17) is 11.6 Å². The Morgan fingerprint density at radius 2 is 2.05 bits per heavy atom. The largest absolute Gasteiger partial charge is 0.299 e. The first-order valence-electron chi connectivity index (χ1n) is 5.82. The quantitative estimate of drug-likeness (QED) is 0.797. The summed E-state index contributed by atoms with van der Waals surface area (Å²) in [5.41, 5.74) is 0.155. The number of rotatable bonds is 4. The second kappa shape index (κ2) is 5.09. The lowest BCUT2D eigenvalue weighted by molar-refractivity contribution is -0.120. The van der Waals surface area contributed by atoms with E-state index in [1.807, 2.05) is 6.92 Å². The van der Waals surface area contributed by atoms with Crippen LogP contribution < -0.4 is 4.90 Å². The van der Waals surface area contributed by atoms with E-state index in [0.29, 0.717) is 12.8 Å². The van der Waals surface area contributed by atoms with E-state index in [1.54, 1.807) is 0 Å². The SMILES string of the molecule is CCCC(=O)CN1C(=O)C(=O)c2cc(Cl)c(F)cc21. The number of Topliss-reactive ketones (excluding diaryl/α,β-unsaturated/α-hetero) is 2. The Labute approximate surface area is 114 Å². The molecule has 1 aliphatic rings. The highest BCUT2D eigenvalue weighted by molar-refractivity contribution is 6.53. The van der Waals surface area contributed by atoms with Gasteiger partial charge in [0.25, 0.3) is 11.7 Å². The molecular formula is C13H11ClFNO3. The van der Waals surface area contributed by atoms with Gasteiger partial charge in [-0.25, -0.2) is 4.39 Å². The highest BCUT2D eigenvalue weighted by atomic mass is 35.5. The Hall–Kier alpha value is -1.75. The van der Waals surface area contributed by atoms with Crippen LogP contribution in [0.1, 0.15) is 30.1 Å². The molecule has 6 heteroatoms. The van der Waals surface area contributed by atoms with Gasteiger partial charge in [-0.3, -0.25) is 19.3 Å². The summed E-state index contributed by atoms with van der Waals surface area (Å²) in [5, 5.41) is -0.221. The van der Waals surface area contributed by atoms with Gasteiger partial charge in [-0.1, -0.05) is 18.5 Å². The van der Waals surface area contributed by atoms with Crippen LogP contribution in [-0.4, -0.2) is 24.0 Å². The lowest BCUT2D eigenvalue weighted by Gasteiger charge is -2.15. The molecule has 4 nitrogen and oxygen atoms in total. The zero-order chi connectivity index (χ0) is 14.2. The second-order valence-electron chi connectivity index (χ2n) is 4.29. The van der Waals surface area contributed by atoms with Gasteiger partial charge in [-0.05, 0) is 18.6 Å². The molecule has 100 valence electrons. The second-order valence-corrected chi connectivity index (χ2v) is 4.70. The van der Waals surface area contributed by atoms with Crippen molar-refractivity contribution in [1.82, 2.24) is 0 Å². The highest BCUT2D eigenvalue weighted by Gasteiger charge is 2.37. The third kappa shape index (κ3) is 2.38. The number of carbonyl (C=O) groups is 3. The predicted octanol–water partition coefficient (Wildman–Crippen LogP) is 2.38. The normalized spacial score (nSPS) is 13.9. The smallest absolute Gasteiger partial charge is 0.298 e. The standard InChI is InChI=1S/C13H11ClFNO3/c1-2-3-7(17)6-16-11-5-10(15)9(14)4-8(11)12(18)13(16)19/h4-5H,2-3,6H2,1H3. The number of benzene rings is 1. The minimum absolute atomic E-state index is 0.0423. The van der Waals surface area contributed by atoms with Crippen LogP contribution in [-0.2, 0) is 9.59 Å². The average molecular weight is 284 g/mol. The van der Waals surface area contributed by atoms with Gasteiger partial charge in [0.15, 0.2) is 5.78 Å². The van der Waals surface area contributed by atoms with Crippen molar-refractivity contribution in [2.75, 3.05) is 11.4 Å². The molecule has 1 aromatic rings. The molecule has 0 aromatic heterocycles. The van der Waals surface area contributed by atoms with Crippen molar-refractivity contribution in [3.8, 4) is 0 Å². The molecule has 1 amide bonds. The minimum atomic E-state index is -0.818. The fourth-order valence-corrected chi connectivity index (χ4v) is 2.14. The number of carbonyl (C=O) groups excluding carboxylic acids is 3. The molecule has 0 saturated heterocycles. The van der Waals surface area contributed by atoms with Crippen molar-refractivity contribution in [2.45, 2.75) is 19.8 Å². The summed E-state index contributed by atoms with van der Waals surface area (Å²) in [7, 11) is 0. The molecule has 0 spiro atoms. The van der Waals surface area contributed by atoms with Crippen molar-refractivity contribution < 1.29 is 18.8 Å². The number of hydrogen-bond acceptors (Lipinski definition) is 3. The monoisotopic (exact) mass is 283 g/mol. The zero-order valence-electron chi connectivity index (χ0n) is 10.2. The molecule has 0 N–H and O–H groups in total. The number of fused-ring (bicyclic) bond motifs is 1. The Morgan fingerprint density at radius 3 is 2.68 bits per heavy atom. The number of nitrogens with zero attached hydrogens (tertiary/aromatic N) is 1. The van der Waals surface area contributed by atoms with E-state index < -0.39 is 17.5 Å². The molecule has 1 heterocycles. The summed E-state index contributed by atoms with van der Waals surface area (Å²) in [6.07, 6.45) is 0.958. The number of halogens is 2. The lowest BCUT2D eigenvalue weighted by Crippen LogP contribution is -2.34. The van der Waals surface area contributed by atoms with Gasteiger partial charge in [-0.2, -0.15) is 0 Å². The van der Waals surface area contributed by atoms with E-state index in [1.165, 1.54) is 0 Å². The molecule has 0 saturated carbocycles. The Morgan fingerprint density at radius 1 is 1.37 bits per heavy atom. The first-order chi connectivity index (χ1) is 8.95. The molecule has 0 unspecified atom stereocenters. The van der Waals surface area contributed by atoms with Crippen molar-refractivity contribution in [1.29, 1.82) is 0 Å². The van der Waals surface area contributed by atoms with E-state index >= 15 is 0 Å². The van der Waals surface area contributed by atoms with Crippen molar-refractivity contribution >= 4 is 34.8 Å². The Bertz CT molecular complexity index is 585. The van der Waals surface area contributed by atoms with E-state index in [9.17, 15) is 18.8 Å². The summed E-state index contributed by atoms with van der Waals surface area (Å²) < 4.78 is 13.4. The lowest BCUT2D eigenvalue weighted by atomic mass is 10.1. The Balaban J connectivity index is 2.38. The molecule has 0 atom stereocenters. The summed E-state index contributed by atoms with van der Waals surface area (Å²) in [6.45, 7) is 1.62. The van der Waals surface area contributed by atoms with Crippen LogP contribution in [0.15, 0.2) is 12.1 Å². The molecule has 0 fully saturated rings. The summed E-state index contributed by atoms with van der Waals surface area (Å²) in [4.78, 5) is 36.1. The molecule has 1 aromatic carbocycles. The summed E-state index contributed by atoms with van der Waals surface area (Å²) in [5.74, 6) is -2.48. The van der Waals surface area contributed by atoms with Gasteiger partial charge in [0, 0.05) is 6.42 Å². The summed E-state index contributed by atoms with van der Waals surface area (Å²) >= 11 is 5.58. The van der Waals surface area contributed by atoms with E-state index in [-0.39, 0.29) is 28.6 Å². The topological polar surface area (TPSA) is 54.5 Å². The minimum Gasteiger partial charge on any atom is -0.298 e. The van der Waals surface area contributed by atoms with Crippen LogP contribution in [0.25, 0.3) is 0 Å². The number of amides is 1. The molecule has 19 heavy (non-hydrogen) atoms. The van der Waals surface area contributed by atoms with Gasteiger partial charge in [0.05, 0.1) is 22.8 Å². The third-order valence-corrected chi connectivity index (χ3v) is 3.17. The first-order valence-corrected chi connectivity index (χ1v) is 6.20. The van der Waals surface area contributed by atoms with Crippen LogP contribution in [0.5, 0.6) is 0 Å².